The third-order valence-corrected chi connectivity index (χ3v) is 3.67. The molecule has 1 aliphatic heterocycles. The Morgan fingerprint density at radius 1 is 1.25 bits per heavy atom. The van der Waals surface area contributed by atoms with Crippen LogP contribution in [-0.4, -0.2) is 23.6 Å². The Balaban J connectivity index is 1.78. The SMILES string of the molecule is CNc1cc(NCc2cc(Br)cc3c2OCC3)ncn1. The van der Waals surface area contributed by atoms with Crippen LogP contribution in [0.4, 0.5) is 11.6 Å². The lowest BCUT2D eigenvalue weighted by molar-refractivity contribution is 0.354. The molecule has 0 unspecified atom stereocenters. The molecule has 5 nitrogen and oxygen atoms in total. The van der Waals surface area contributed by atoms with Crippen molar-refractivity contribution in [1.82, 2.24) is 9.97 Å². The van der Waals surface area contributed by atoms with Crippen LogP contribution in [0.1, 0.15) is 11.1 Å². The highest BCUT2D eigenvalue weighted by Gasteiger charge is 2.17. The maximum atomic E-state index is 5.71. The molecule has 0 amide bonds. The van der Waals surface area contributed by atoms with Crippen LogP contribution in [0.15, 0.2) is 29.0 Å². The molecule has 0 radical (unpaired) electrons. The molecule has 0 bridgehead atoms. The molecule has 0 saturated carbocycles. The van der Waals surface area contributed by atoms with Crippen molar-refractivity contribution in [3.8, 4) is 5.75 Å². The van der Waals surface area contributed by atoms with Gasteiger partial charge in [0.2, 0.25) is 0 Å². The van der Waals surface area contributed by atoms with Crippen molar-refractivity contribution in [2.24, 2.45) is 0 Å². The number of rotatable bonds is 4. The number of nitrogens with one attached hydrogen (secondary N) is 2. The Bertz CT molecular complexity index is 633. The van der Waals surface area contributed by atoms with Crippen LogP contribution in [0.25, 0.3) is 0 Å². The molecule has 0 fully saturated rings. The van der Waals surface area contributed by atoms with E-state index < -0.39 is 0 Å². The van der Waals surface area contributed by atoms with Crippen molar-refractivity contribution in [2.45, 2.75) is 13.0 Å². The molecular weight excluding hydrogens is 320 g/mol. The van der Waals surface area contributed by atoms with E-state index >= 15 is 0 Å². The van der Waals surface area contributed by atoms with Gasteiger partial charge in [-0.25, -0.2) is 9.97 Å². The molecule has 1 aromatic heterocycles. The van der Waals surface area contributed by atoms with Gasteiger partial charge >= 0.3 is 0 Å². The topological polar surface area (TPSA) is 59.1 Å². The van der Waals surface area contributed by atoms with Gasteiger partial charge in [-0.2, -0.15) is 0 Å². The number of benzene rings is 1. The first-order valence-corrected chi connectivity index (χ1v) is 7.23. The molecule has 0 saturated heterocycles. The number of fused-ring (bicyclic) bond motifs is 1. The van der Waals surface area contributed by atoms with Crippen molar-refractivity contribution >= 4 is 27.6 Å². The molecule has 0 aliphatic carbocycles. The van der Waals surface area contributed by atoms with E-state index in [0.29, 0.717) is 6.54 Å². The van der Waals surface area contributed by atoms with E-state index in [-0.39, 0.29) is 0 Å². The summed E-state index contributed by atoms with van der Waals surface area (Å²) in [5.74, 6) is 2.58. The van der Waals surface area contributed by atoms with Gasteiger partial charge in [-0.15, -0.1) is 0 Å². The van der Waals surface area contributed by atoms with Crippen molar-refractivity contribution in [2.75, 3.05) is 24.3 Å². The van der Waals surface area contributed by atoms with Crippen LogP contribution in [0, 0.1) is 0 Å². The standard InChI is InChI=1S/C14H15BrN4O/c1-16-12-6-13(19-8-18-12)17-7-10-5-11(15)4-9-2-3-20-14(9)10/h4-6,8H,2-3,7H2,1H3,(H2,16,17,18,19). The highest BCUT2D eigenvalue weighted by atomic mass is 79.9. The van der Waals surface area contributed by atoms with Gasteiger partial charge in [0.05, 0.1) is 6.61 Å². The fourth-order valence-corrected chi connectivity index (χ4v) is 2.81. The number of aromatic nitrogens is 2. The zero-order valence-electron chi connectivity index (χ0n) is 11.1. The normalized spacial score (nSPS) is 12.7. The Hall–Kier alpha value is -1.82. The zero-order valence-corrected chi connectivity index (χ0v) is 12.7. The van der Waals surface area contributed by atoms with Gasteiger partial charge in [0.25, 0.3) is 0 Å². The largest absolute Gasteiger partial charge is 0.493 e. The van der Waals surface area contributed by atoms with Crippen molar-refractivity contribution < 1.29 is 4.74 Å². The van der Waals surface area contributed by atoms with Gasteiger partial charge in [-0.1, -0.05) is 15.9 Å². The summed E-state index contributed by atoms with van der Waals surface area (Å²) in [5, 5.41) is 6.29. The van der Waals surface area contributed by atoms with Gasteiger partial charge in [0.1, 0.15) is 23.7 Å². The van der Waals surface area contributed by atoms with E-state index in [9.17, 15) is 0 Å². The second-order valence-electron chi connectivity index (χ2n) is 4.54. The van der Waals surface area contributed by atoms with Crippen LogP contribution in [-0.2, 0) is 13.0 Å². The molecule has 1 aliphatic rings. The maximum absolute atomic E-state index is 5.71. The third kappa shape index (κ3) is 2.70. The molecule has 2 aromatic rings. The summed E-state index contributed by atoms with van der Waals surface area (Å²) < 4.78 is 6.79. The predicted octanol–water partition coefficient (Wildman–Crippen LogP) is 2.83. The number of anilines is 2. The first-order chi connectivity index (χ1) is 9.76. The lowest BCUT2D eigenvalue weighted by Gasteiger charge is -2.11. The Morgan fingerprint density at radius 2 is 2.10 bits per heavy atom. The summed E-state index contributed by atoms with van der Waals surface area (Å²) in [6.45, 7) is 1.43. The molecule has 0 spiro atoms. The van der Waals surface area contributed by atoms with Crippen LogP contribution >= 0.6 is 15.9 Å². The van der Waals surface area contributed by atoms with E-state index in [4.69, 9.17) is 4.74 Å². The maximum Gasteiger partial charge on any atom is 0.131 e. The van der Waals surface area contributed by atoms with Gasteiger partial charge < -0.3 is 15.4 Å². The fraction of sp³-hybridized carbons (Fsp3) is 0.286. The minimum absolute atomic E-state index is 0.669. The fourth-order valence-electron chi connectivity index (χ4n) is 2.25. The molecule has 0 atom stereocenters. The highest BCUT2D eigenvalue weighted by molar-refractivity contribution is 9.10. The van der Waals surface area contributed by atoms with Gasteiger partial charge in [-0.3, -0.25) is 0 Å². The predicted molar refractivity (Wildman–Crippen MR) is 82.2 cm³/mol. The monoisotopic (exact) mass is 334 g/mol. The summed E-state index contributed by atoms with van der Waals surface area (Å²) in [6, 6.07) is 6.08. The molecule has 3 rings (SSSR count). The molecule has 2 heterocycles. The molecule has 20 heavy (non-hydrogen) atoms. The lowest BCUT2D eigenvalue weighted by Crippen LogP contribution is -2.04. The van der Waals surface area contributed by atoms with Crippen LogP contribution in [0.5, 0.6) is 5.75 Å². The summed E-state index contributed by atoms with van der Waals surface area (Å²) in [5.41, 5.74) is 2.39. The minimum Gasteiger partial charge on any atom is -0.493 e. The average molecular weight is 335 g/mol. The zero-order chi connectivity index (χ0) is 13.9. The average Bonchev–Trinajstić information content (AvgIpc) is 2.93. The Kier molecular flexibility index (Phi) is 3.73. The lowest BCUT2D eigenvalue weighted by atomic mass is 10.1. The second kappa shape index (κ2) is 5.66. The van der Waals surface area contributed by atoms with E-state index in [2.05, 4.69) is 48.7 Å². The highest BCUT2D eigenvalue weighted by Crippen LogP contribution is 2.33. The number of ether oxygens (including phenoxy) is 1. The van der Waals surface area contributed by atoms with Crippen LogP contribution in [0.2, 0.25) is 0 Å². The number of halogens is 1. The molecular formula is C14H15BrN4O. The molecule has 6 heteroatoms. The smallest absolute Gasteiger partial charge is 0.131 e. The van der Waals surface area contributed by atoms with Gasteiger partial charge in [0.15, 0.2) is 0 Å². The van der Waals surface area contributed by atoms with E-state index in [1.807, 2.05) is 13.1 Å². The van der Waals surface area contributed by atoms with Crippen molar-refractivity contribution in [1.29, 1.82) is 0 Å². The molecule has 1 aromatic carbocycles. The first-order valence-electron chi connectivity index (χ1n) is 6.44. The number of hydrogen-bond acceptors (Lipinski definition) is 5. The minimum atomic E-state index is 0.669. The molecule has 104 valence electrons. The third-order valence-electron chi connectivity index (χ3n) is 3.21. The number of hydrogen-bond donors (Lipinski definition) is 2. The summed E-state index contributed by atoms with van der Waals surface area (Å²) >= 11 is 3.55. The first kappa shape index (κ1) is 13.2. The van der Waals surface area contributed by atoms with Crippen molar-refractivity contribution in [3.63, 3.8) is 0 Å². The summed E-state index contributed by atoms with van der Waals surface area (Å²) in [6.07, 6.45) is 2.51. The van der Waals surface area contributed by atoms with E-state index in [0.717, 1.165) is 40.4 Å². The molecule has 2 N–H and O–H groups in total. The van der Waals surface area contributed by atoms with E-state index in [1.54, 1.807) is 0 Å². The Morgan fingerprint density at radius 3 is 2.95 bits per heavy atom. The van der Waals surface area contributed by atoms with Crippen molar-refractivity contribution in [3.05, 3.63) is 40.1 Å². The summed E-state index contributed by atoms with van der Waals surface area (Å²) in [4.78, 5) is 8.29. The Labute approximate surface area is 125 Å². The van der Waals surface area contributed by atoms with Crippen LogP contribution < -0.4 is 15.4 Å². The van der Waals surface area contributed by atoms with Gasteiger partial charge in [-0.05, 0) is 17.7 Å². The summed E-state index contributed by atoms with van der Waals surface area (Å²) in [7, 11) is 1.83. The second-order valence-corrected chi connectivity index (χ2v) is 5.46. The number of nitrogens with zero attached hydrogens (tertiary/aromatic N) is 2. The van der Waals surface area contributed by atoms with E-state index in [1.165, 1.54) is 11.9 Å². The quantitative estimate of drug-likeness (QED) is 0.900. The van der Waals surface area contributed by atoms with Gasteiger partial charge in [0, 0.05) is 36.1 Å². The van der Waals surface area contributed by atoms with Crippen LogP contribution in [0.3, 0.4) is 0 Å².